The number of phenols is 1. The third-order valence-corrected chi connectivity index (χ3v) is 4.81. The first-order valence-corrected chi connectivity index (χ1v) is 9.20. The number of benzene rings is 2. The van der Waals surface area contributed by atoms with E-state index in [1.165, 1.54) is 24.3 Å². The number of hydrogen-bond donors (Lipinski definition) is 2. The van der Waals surface area contributed by atoms with Crippen LogP contribution in [0.1, 0.15) is 21.8 Å². The van der Waals surface area contributed by atoms with Crippen LogP contribution < -0.4 is 5.32 Å². The minimum atomic E-state index is -4.46. The molecule has 0 aliphatic heterocycles. The van der Waals surface area contributed by atoms with Crippen LogP contribution in [0, 0.1) is 0 Å². The molecular formula is C17H10Br2F3N3O3. The minimum absolute atomic E-state index is 0.00806. The number of hydrogen-bond acceptors (Lipinski definition) is 5. The predicted octanol–water partition coefficient (Wildman–Crippen LogP) is 4.92. The third-order valence-electron chi connectivity index (χ3n) is 3.60. The van der Waals surface area contributed by atoms with E-state index in [1.807, 2.05) is 0 Å². The molecule has 28 heavy (non-hydrogen) atoms. The number of phenolic OH excluding ortho intramolecular Hbond substituents is 1. The zero-order chi connectivity index (χ0) is 20.5. The Morgan fingerprint density at radius 3 is 2.50 bits per heavy atom. The van der Waals surface area contributed by atoms with Crippen LogP contribution in [0.5, 0.6) is 5.75 Å². The van der Waals surface area contributed by atoms with Crippen LogP contribution in [-0.2, 0) is 12.7 Å². The number of carbonyl (C=O) groups is 1. The number of nitrogens with one attached hydrogen (secondary N) is 1. The number of alkyl halides is 3. The highest BCUT2D eigenvalue weighted by molar-refractivity contribution is 9.11. The number of rotatable bonds is 4. The fraction of sp³-hybridized carbons (Fsp3) is 0.118. The van der Waals surface area contributed by atoms with Gasteiger partial charge in [0, 0.05) is 12.1 Å². The van der Waals surface area contributed by atoms with E-state index < -0.39 is 17.6 Å². The molecule has 1 heterocycles. The molecule has 0 aliphatic rings. The second kappa shape index (κ2) is 7.92. The summed E-state index contributed by atoms with van der Waals surface area (Å²) < 4.78 is 43.9. The number of amides is 1. The first-order chi connectivity index (χ1) is 13.1. The lowest BCUT2D eigenvalue weighted by Crippen LogP contribution is -2.23. The minimum Gasteiger partial charge on any atom is -0.506 e. The first kappa shape index (κ1) is 20.3. The highest BCUT2D eigenvalue weighted by Crippen LogP contribution is 2.36. The molecule has 11 heteroatoms. The van der Waals surface area contributed by atoms with Gasteiger partial charge in [-0.05, 0) is 61.7 Å². The van der Waals surface area contributed by atoms with Gasteiger partial charge in [-0.25, -0.2) is 0 Å². The molecule has 3 rings (SSSR count). The van der Waals surface area contributed by atoms with Crippen LogP contribution in [0.3, 0.4) is 0 Å². The fourth-order valence-corrected chi connectivity index (χ4v) is 3.43. The second-order valence-corrected chi connectivity index (χ2v) is 7.30. The molecule has 0 saturated carbocycles. The summed E-state index contributed by atoms with van der Waals surface area (Å²) in [6, 6.07) is 7.69. The van der Waals surface area contributed by atoms with Crippen LogP contribution in [-0.4, -0.2) is 21.2 Å². The van der Waals surface area contributed by atoms with Gasteiger partial charge in [0.15, 0.2) is 0 Å². The van der Waals surface area contributed by atoms with Crippen molar-refractivity contribution in [3.8, 4) is 17.1 Å². The molecule has 0 spiro atoms. The topological polar surface area (TPSA) is 88.2 Å². The molecule has 6 nitrogen and oxygen atoms in total. The number of halogens is 5. The molecule has 1 aromatic heterocycles. The largest absolute Gasteiger partial charge is 0.506 e. The predicted molar refractivity (Wildman–Crippen MR) is 99.4 cm³/mol. The molecule has 3 aromatic rings. The van der Waals surface area contributed by atoms with Crippen molar-refractivity contribution in [2.75, 3.05) is 0 Å². The van der Waals surface area contributed by atoms with Crippen LogP contribution in [0.4, 0.5) is 13.2 Å². The molecule has 0 radical (unpaired) electrons. The monoisotopic (exact) mass is 519 g/mol. The smallest absolute Gasteiger partial charge is 0.416 e. The van der Waals surface area contributed by atoms with Gasteiger partial charge in [0.25, 0.3) is 0 Å². The van der Waals surface area contributed by atoms with Gasteiger partial charge in [0.1, 0.15) is 5.75 Å². The Morgan fingerprint density at radius 2 is 1.86 bits per heavy atom. The molecule has 0 atom stereocenters. The summed E-state index contributed by atoms with van der Waals surface area (Å²) in [6.45, 7) is -0.142. The van der Waals surface area contributed by atoms with Gasteiger partial charge >= 0.3 is 18.0 Å². The maximum absolute atomic E-state index is 12.7. The summed E-state index contributed by atoms with van der Waals surface area (Å²) in [5.74, 6) is -0.979. The molecule has 0 aliphatic carbocycles. The summed E-state index contributed by atoms with van der Waals surface area (Å²) in [6.07, 6.45) is -4.46. The SMILES string of the molecule is O=C(NCc1cccc(C(F)(F)F)c1)c1nc(-c2cc(Br)c(O)c(Br)c2)no1. The van der Waals surface area contributed by atoms with Crippen LogP contribution >= 0.6 is 31.9 Å². The average Bonchev–Trinajstić information content (AvgIpc) is 3.13. The number of nitrogens with zero attached hydrogens (tertiary/aromatic N) is 2. The zero-order valence-electron chi connectivity index (χ0n) is 13.7. The molecular weight excluding hydrogens is 511 g/mol. The van der Waals surface area contributed by atoms with Gasteiger partial charge in [0.05, 0.1) is 14.5 Å². The zero-order valence-corrected chi connectivity index (χ0v) is 16.9. The lowest BCUT2D eigenvalue weighted by atomic mass is 10.1. The Hall–Kier alpha value is -2.40. The molecule has 0 saturated heterocycles. The van der Waals surface area contributed by atoms with E-state index in [0.717, 1.165) is 12.1 Å². The fourth-order valence-electron chi connectivity index (χ4n) is 2.24. The molecule has 0 unspecified atom stereocenters. The summed E-state index contributed by atoms with van der Waals surface area (Å²) in [5.41, 5.74) is -0.0608. The Kier molecular flexibility index (Phi) is 5.75. The molecule has 1 amide bonds. The Labute approximate surface area is 173 Å². The lowest BCUT2D eigenvalue weighted by molar-refractivity contribution is -0.137. The van der Waals surface area contributed by atoms with Crippen molar-refractivity contribution in [1.82, 2.24) is 15.5 Å². The molecule has 146 valence electrons. The standard InChI is InChI=1S/C17H10Br2F3N3O3/c18-11-5-9(6-12(19)13(11)26)14-24-16(28-25-14)15(27)23-7-8-2-1-3-10(4-8)17(20,21)22/h1-6,26H,7H2,(H,23,27). The molecule has 0 bridgehead atoms. The van der Waals surface area contributed by atoms with Gasteiger partial charge in [-0.1, -0.05) is 17.3 Å². The van der Waals surface area contributed by atoms with Crippen molar-refractivity contribution < 1.29 is 27.6 Å². The van der Waals surface area contributed by atoms with Crippen molar-refractivity contribution in [2.24, 2.45) is 0 Å². The quantitative estimate of drug-likeness (QED) is 0.510. The van der Waals surface area contributed by atoms with E-state index in [1.54, 1.807) is 0 Å². The number of carbonyl (C=O) groups excluding carboxylic acids is 1. The summed E-state index contributed by atoms with van der Waals surface area (Å²) in [4.78, 5) is 16.1. The molecule has 0 fully saturated rings. The van der Waals surface area contributed by atoms with Crippen molar-refractivity contribution in [3.05, 3.63) is 62.4 Å². The maximum Gasteiger partial charge on any atom is 0.416 e. The Morgan fingerprint density at radius 1 is 1.18 bits per heavy atom. The summed E-state index contributed by atoms with van der Waals surface area (Å²) in [7, 11) is 0. The van der Waals surface area contributed by atoms with E-state index in [9.17, 15) is 23.1 Å². The Balaban J connectivity index is 1.72. The van der Waals surface area contributed by atoms with Crippen molar-refractivity contribution >= 4 is 37.8 Å². The van der Waals surface area contributed by atoms with E-state index in [4.69, 9.17) is 4.52 Å². The van der Waals surface area contributed by atoms with E-state index in [0.29, 0.717) is 14.5 Å². The highest BCUT2D eigenvalue weighted by Gasteiger charge is 2.30. The summed E-state index contributed by atoms with van der Waals surface area (Å²) >= 11 is 6.35. The summed E-state index contributed by atoms with van der Waals surface area (Å²) in [5, 5.41) is 15.9. The van der Waals surface area contributed by atoms with Crippen LogP contribution in [0.15, 0.2) is 49.9 Å². The van der Waals surface area contributed by atoms with Gasteiger partial charge < -0.3 is 14.9 Å². The Bertz CT molecular complexity index is 1010. The third kappa shape index (κ3) is 4.53. The second-order valence-electron chi connectivity index (χ2n) is 5.59. The number of aromatic nitrogens is 2. The number of aromatic hydroxyl groups is 1. The average molecular weight is 521 g/mol. The van der Waals surface area contributed by atoms with E-state index in [-0.39, 0.29) is 29.6 Å². The van der Waals surface area contributed by atoms with Crippen molar-refractivity contribution in [1.29, 1.82) is 0 Å². The van der Waals surface area contributed by atoms with Gasteiger partial charge in [-0.3, -0.25) is 4.79 Å². The van der Waals surface area contributed by atoms with Gasteiger partial charge in [-0.2, -0.15) is 18.2 Å². The van der Waals surface area contributed by atoms with E-state index >= 15 is 0 Å². The normalized spacial score (nSPS) is 11.5. The molecule has 2 aromatic carbocycles. The van der Waals surface area contributed by atoms with E-state index in [2.05, 4.69) is 47.3 Å². The van der Waals surface area contributed by atoms with Crippen LogP contribution in [0.25, 0.3) is 11.4 Å². The highest BCUT2D eigenvalue weighted by atomic mass is 79.9. The maximum atomic E-state index is 12.7. The molecule has 2 N–H and O–H groups in total. The van der Waals surface area contributed by atoms with Gasteiger partial charge in [0.2, 0.25) is 5.82 Å². The lowest BCUT2D eigenvalue weighted by Gasteiger charge is -2.08. The van der Waals surface area contributed by atoms with Crippen molar-refractivity contribution in [3.63, 3.8) is 0 Å². The van der Waals surface area contributed by atoms with Crippen molar-refractivity contribution in [2.45, 2.75) is 12.7 Å². The van der Waals surface area contributed by atoms with Gasteiger partial charge in [-0.15, -0.1) is 0 Å². The first-order valence-electron chi connectivity index (χ1n) is 7.61. The van der Waals surface area contributed by atoms with Crippen LogP contribution in [0.2, 0.25) is 0 Å².